The number of hydrogen-bond acceptors (Lipinski definition) is 2. The second-order valence-corrected chi connectivity index (χ2v) is 5.63. The monoisotopic (exact) mass is 271 g/mol. The molecule has 1 aromatic carbocycles. The number of halogens is 2. The van der Waals surface area contributed by atoms with Crippen LogP contribution in [-0.2, 0) is 0 Å². The lowest BCUT2D eigenvalue weighted by Gasteiger charge is -2.21. The summed E-state index contributed by atoms with van der Waals surface area (Å²) in [5.41, 5.74) is 0.965. The van der Waals surface area contributed by atoms with E-state index in [4.69, 9.17) is 16.3 Å². The van der Waals surface area contributed by atoms with Gasteiger partial charge in [-0.1, -0.05) is 18.2 Å². The molecule has 1 N–H and O–H groups in total. The summed E-state index contributed by atoms with van der Waals surface area (Å²) >= 11 is 5.66. The lowest BCUT2D eigenvalue weighted by atomic mass is 10.1. The van der Waals surface area contributed by atoms with Gasteiger partial charge in [-0.15, -0.1) is 0 Å². The van der Waals surface area contributed by atoms with Crippen LogP contribution in [0.1, 0.15) is 20.8 Å². The van der Waals surface area contributed by atoms with Gasteiger partial charge in [-0.25, -0.2) is 4.39 Å². The van der Waals surface area contributed by atoms with E-state index in [2.05, 4.69) is 32.7 Å². The molecule has 0 unspecified atom stereocenters. The highest BCUT2D eigenvalue weighted by atomic mass is 35.5. The van der Waals surface area contributed by atoms with E-state index in [0.29, 0.717) is 18.9 Å². The molecule has 0 bridgehead atoms. The second kappa shape index (κ2) is 6.21. The van der Waals surface area contributed by atoms with E-state index in [-0.39, 0.29) is 10.6 Å². The quantitative estimate of drug-likeness (QED) is 0.823. The smallest absolute Gasteiger partial charge is 0.142 e. The zero-order valence-corrected chi connectivity index (χ0v) is 11.8. The Kier molecular flexibility index (Phi) is 5.17. The van der Waals surface area contributed by atoms with E-state index < -0.39 is 5.82 Å². The topological polar surface area (TPSA) is 21.3 Å². The number of hydrogen-bond donors (Lipinski definition) is 1. The Morgan fingerprint density at radius 1 is 1.44 bits per heavy atom. The fourth-order valence-electron chi connectivity index (χ4n) is 1.19. The number of nitrogens with one attached hydrogen (secondary N) is 1. The molecule has 0 amide bonds. The Morgan fingerprint density at radius 3 is 2.67 bits per heavy atom. The van der Waals surface area contributed by atoms with Crippen LogP contribution in [0.2, 0.25) is 5.02 Å². The summed E-state index contributed by atoms with van der Waals surface area (Å²) in [6.07, 6.45) is 0. The van der Waals surface area contributed by atoms with Gasteiger partial charge in [0.2, 0.25) is 0 Å². The van der Waals surface area contributed by atoms with Crippen LogP contribution in [0, 0.1) is 5.82 Å². The van der Waals surface area contributed by atoms with Crippen molar-refractivity contribution in [3.05, 3.63) is 41.2 Å². The Labute approximate surface area is 113 Å². The molecule has 0 spiro atoms. The van der Waals surface area contributed by atoms with Crippen LogP contribution >= 0.6 is 11.6 Å². The van der Waals surface area contributed by atoms with Crippen LogP contribution in [0.25, 0.3) is 0 Å². The molecule has 0 saturated carbocycles. The van der Waals surface area contributed by atoms with Gasteiger partial charge in [-0.2, -0.15) is 0 Å². The van der Waals surface area contributed by atoms with Gasteiger partial charge in [0, 0.05) is 18.2 Å². The molecule has 0 aliphatic heterocycles. The molecule has 1 rings (SSSR count). The number of rotatable bonds is 5. The molecule has 0 fully saturated rings. The fraction of sp³-hybridized carbons (Fsp3) is 0.429. The minimum atomic E-state index is -0.447. The first-order valence-corrected chi connectivity index (χ1v) is 6.15. The van der Waals surface area contributed by atoms with Crippen LogP contribution in [-0.4, -0.2) is 18.7 Å². The average molecular weight is 272 g/mol. The Hall–Kier alpha value is -1.06. The maximum atomic E-state index is 12.9. The van der Waals surface area contributed by atoms with Gasteiger partial charge in [-0.05, 0) is 38.5 Å². The first-order valence-electron chi connectivity index (χ1n) is 5.77. The lowest BCUT2D eigenvalue weighted by molar-refractivity contribution is 0.341. The van der Waals surface area contributed by atoms with E-state index in [1.807, 2.05) is 0 Å². The minimum Gasteiger partial charge on any atom is -0.489 e. The van der Waals surface area contributed by atoms with Crippen molar-refractivity contribution in [3.8, 4) is 5.75 Å². The van der Waals surface area contributed by atoms with Crippen molar-refractivity contribution < 1.29 is 9.13 Å². The Bertz CT molecular complexity index is 426. The van der Waals surface area contributed by atoms with E-state index in [1.54, 1.807) is 6.07 Å². The molecule has 100 valence electrons. The highest BCUT2D eigenvalue weighted by Gasteiger charge is 2.09. The summed E-state index contributed by atoms with van der Waals surface area (Å²) in [6, 6.07) is 4.29. The van der Waals surface area contributed by atoms with Gasteiger partial charge in [0.05, 0.1) is 5.02 Å². The van der Waals surface area contributed by atoms with Gasteiger partial charge in [0.25, 0.3) is 0 Å². The first kappa shape index (κ1) is 15.0. The van der Waals surface area contributed by atoms with E-state index in [0.717, 1.165) is 5.57 Å². The molecule has 2 nitrogen and oxygen atoms in total. The van der Waals surface area contributed by atoms with Crippen LogP contribution < -0.4 is 10.1 Å². The number of benzene rings is 1. The second-order valence-electron chi connectivity index (χ2n) is 5.22. The van der Waals surface area contributed by atoms with Crippen LogP contribution in [0.5, 0.6) is 5.75 Å². The van der Waals surface area contributed by atoms with Crippen molar-refractivity contribution in [1.82, 2.24) is 5.32 Å². The van der Waals surface area contributed by atoms with Crippen molar-refractivity contribution in [2.24, 2.45) is 0 Å². The molecule has 0 aliphatic rings. The Morgan fingerprint density at radius 2 is 2.11 bits per heavy atom. The van der Waals surface area contributed by atoms with Crippen molar-refractivity contribution in [2.45, 2.75) is 26.3 Å². The highest BCUT2D eigenvalue weighted by molar-refractivity contribution is 6.30. The van der Waals surface area contributed by atoms with E-state index in [1.165, 1.54) is 12.1 Å². The highest BCUT2D eigenvalue weighted by Crippen LogP contribution is 2.21. The largest absolute Gasteiger partial charge is 0.489 e. The van der Waals surface area contributed by atoms with Gasteiger partial charge in [0.15, 0.2) is 0 Å². The summed E-state index contributed by atoms with van der Waals surface area (Å²) in [7, 11) is 0. The van der Waals surface area contributed by atoms with E-state index in [9.17, 15) is 4.39 Å². The van der Waals surface area contributed by atoms with Crippen molar-refractivity contribution in [1.29, 1.82) is 0 Å². The molecular formula is C14H19ClFNO. The number of ether oxygens (including phenoxy) is 1. The van der Waals surface area contributed by atoms with Crippen molar-refractivity contribution in [3.63, 3.8) is 0 Å². The minimum absolute atomic E-state index is 0.0438. The van der Waals surface area contributed by atoms with Crippen LogP contribution in [0.4, 0.5) is 4.39 Å². The molecule has 4 heteroatoms. The molecule has 0 atom stereocenters. The predicted molar refractivity (Wildman–Crippen MR) is 73.8 cm³/mol. The molecule has 0 heterocycles. The van der Waals surface area contributed by atoms with Crippen molar-refractivity contribution in [2.75, 3.05) is 13.2 Å². The summed E-state index contributed by atoms with van der Waals surface area (Å²) in [6.45, 7) is 11.2. The molecule has 1 aromatic rings. The summed E-state index contributed by atoms with van der Waals surface area (Å²) in [4.78, 5) is 0. The maximum absolute atomic E-state index is 12.9. The molecule has 0 aliphatic carbocycles. The van der Waals surface area contributed by atoms with Gasteiger partial charge in [0.1, 0.15) is 18.2 Å². The fourth-order valence-corrected chi connectivity index (χ4v) is 1.36. The van der Waals surface area contributed by atoms with E-state index >= 15 is 0 Å². The third-order valence-electron chi connectivity index (χ3n) is 2.20. The lowest BCUT2D eigenvalue weighted by Crippen LogP contribution is -2.37. The first-order chi connectivity index (χ1) is 8.28. The summed E-state index contributed by atoms with van der Waals surface area (Å²) in [5.74, 6) is 0.0931. The van der Waals surface area contributed by atoms with Gasteiger partial charge < -0.3 is 10.1 Å². The average Bonchev–Trinajstić information content (AvgIpc) is 2.27. The molecule has 0 aromatic heterocycles. The molecule has 0 saturated heterocycles. The zero-order chi connectivity index (χ0) is 13.8. The van der Waals surface area contributed by atoms with Crippen molar-refractivity contribution >= 4 is 11.6 Å². The summed E-state index contributed by atoms with van der Waals surface area (Å²) in [5, 5.41) is 3.37. The van der Waals surface area contributed by atoms with Crippen LogP contribution in [0.3, 0.4) is 0 Å². The van der Waals surface area contributed by atoms with Gasteiger partial charge >= 0.3 is 0 Å². The zero-order valence-electron chi connectivity index (χ0n) is 11.0. The van der Waals surface area contributed by atoms with Crippen LogP contribution in [0.15, 0.2) is 30.4 Å². The standard InChI is InChI=1S/C14H19ClFNO/c1-10(8-17-14(2,3)4)9-18-11-5-6-13(16)12(15)7-11/h5-7,17H,1,8-9H2,2-4H3. The SMILES string of the molecule is C=C(CNC(C)(C)C)COc1ccc(F)c(Cl)c1. The molecule has 0 radical (unpaired) electrons. The summed E-state index contributed by atoms with van der Waals surface area (Å²) < 4.78 is 18.4. The maximum Gasteiger partial charge on any atom is 0.142 e. The predicted octanol–water partition coefficient (Wildman–Crippen LogP) is 3.80. The Balaban J connectivity index is 2.40. The van der Waals surface area contributed by atoms with Gasteiger partial charge in [-0.3, -0.25) is 0 Å². The molecule has 18 heavy (non-hydrogen) atoms. The third kappa shape index (κ3) is 5.52. The normalized spacial score (nSPS) is 11.4. The molecular weight excluding hydrogens is 253 g/mol. The third-order valence-corrected chi connectivity index (χ3v) is 2.49.